The van der Waals surface area contributed by atoms with Crippen LogP contribution >= 0.6 is 16.8 Å². The maximum Gasteiger partial charge on any atom is 0.122 e. The second-order valence-electron chi connectivity index (χ2n) is 3.94. The van der Waals surface area contributed by atoms with E-state index >= 15 is 0 Å². The van der Waals surface area contributed by atoms with Gasteiger partial charge in [-0.05, 0) is 12.1 Å². The first-order chi connectivity index (χ1) is 8.22. The van der Waals surface area contributed by atoms with Crippen LogP contribution in [0.5, 0.6) is 0 Å². The highest BCUT2D eigenvalue weighted by molar-refractivity contribution is 8.74. The van der Waals surface area contributed by atoms with Crippen LogP contribution in [0.1, 0.15) is 0 Å². The molecule has 0 saturated heterocycles. The number of para-hydroxylation sites is 1. The van der Waals surface area contributed by atoms with E-state index in [2.05, 4.69) is 60.2 Å². The molecular weight excluding hydrogens is 265 g/mol. The Morgan fingerprint density at radius 2 is 1.65 bits per heavy atom. The van der Waals surface area contributed by atoms with Crippen molar-refractivity contribution in [1.82, 2.24) is 0 Å². The van der Waals surface area contributed by atoms with Gasteiger partial charge < -0.3 is 4.67 Å². The molecule has 0 spiro atoms. The minimum Gasteiger partial charge on any atom is -0.334 e. The number of benzene rings is 2. The van der Waals surface area contributed by atoms with Crippen LogP contribution in [0.15, 0.2) is 59.5 Å². The molecule has 0 aliphatic carbocycles. The lowest BCUT2D eigenvalue weighted by Gasteiger charge is -2.25. The van der Waals surface area contributed by atoms with Crippen LogP contribution in [0.3, 0.4) is 0 Å². The normalized spacial score (nSPS) is 22.5. The minimum atomic E-state index is -1.71. The molecule has 1 unspecified atom stereocenters. The summed E-state index contributed by atoms with van der Waals surface area (Å²) in [6.45, 7) is 0. The van der Waals surface area contributed by atoms with E-state index < -0.39 is 5.39 Å². The van der Waals surface area contributed by atoms with Crippen molar-refractivity contribution in [2.45, 2.75) is 4.90 Å². The Bertz CT molecular complexity index is 597. The standard InChI is InChI=1S/C13H12NPS2/c1-14-12-9-5-6-10-13(12)17-15(14,16)11-7-3-2-4-8-11/h2-10H,1H3. The van der Waals surface area contributed by atoms with Gasteiger partial charge in [-0.2, -0.15) is 0 Å². The molecule has 0 aromatic heterocycles. The number of hydrogen-bond donors (Lipinski definition) is 0. The Labute approximate surface area is 111 Å². The van der Waals surface area contributed by atoms with E-state index in [1.165, 1.54) is 15.9 Å². The average Bonchev–Trinajstić information content (AvgIpc) is 2.65. The molecule has 3 rings (SSSR count). The lowest BCUT2D eigenvalue weighted by Crippen LogP contribution is -2.15. The molecule has 1 atom stereocenters. The number of fused-ring (bicyclic) bond motifs is 1. The second-order valence-corrected chi connectivity index (χ2v) is 11.1. The Hall–Kier alpha value is -0.760. The van der Waals surface area contributed by atoms with Gasteiger partial charge in [0, 0.05) is 17.2 Å². The summed E-state index contributed by atoms with van der Waals surface area (Å²) in [4.78, 5) is 1.31. The van der Waals surface area contributed by atoms with Crippen molar-refractivity contribution in [2.24, 2.45) is 0 Å². The van der Waals surface area contributed by atoms with Gasteiger partial charge in [0.2, 0.25) is 0 Å². The fourth-order valence-electron chi connectivity index (χ4n) is 1.98. The van der Waals surface area contributed by atoms with Crippen LogP contribution in [-0.4, -0.2) is 7.05 Å². The number of anilines is 1. The zero-order chi connectivity index (χ0) is 11.9. The molecule has 1 heterocycles. The highest BCUT2D eigenvalue weighted by Gasteiger charge is 2.34. The monoisotopic (exact) mass is 277 g/mol. The summed E-state index contributed by atoms with van der Waals surface area (Å²) in [7, 11) is 2.12. The van der Waals surface area contributed by atoms with E-state index in [0.717, 1.165) is 0 Å². The van der Waals surface area contributed by atoms with E-state index in [4.69, 9.17) is 11.8 Å². The van der Waals surface area contributed by atoms with Crippen LogP contribution in [-0.2, 0) is 11.8 Å². The molecule has 0 radical (unpaired) electrons. The third-order valence-corrected chi connectivity index (χ3v) is 10.4. The molecule has 0 bridgehead atoms. The molecule has 2 aromatic rings. The summed E-state index contributed by atoms with van der Waals surface area (Å²) in [5, 5.41) is -0.435. The molecule has 0 fully saturated rings. The third-order valence-electron chi connectivity index (χ3n) is 2.91. The van der Waals surface area contributed by atoms with Crippen LogP contribution in [0, 0.1) is 0 Å². The number of rotatable bonds is 1. The molecule has 1 aliphatic rings. The minimum absolute atomic E-state index is 1.27. The molecule has 1 aliphatic heterocycles. The van der Waals surface area contributed by atoms with Crippen LogP contribution in [0.25, 0.3) is 0 Å². The van der Waals surface area contributed by atoms with Crippen LogP contribution in [0.4, 0.5) is 5.69 Å². The zero-order valence-electron chi connectivity index (χ0n) is 9.41. The highest BCUT2D eigenvalue weighted by atomic mass is 32.9. The lowest BCUT2D eigenvalue weighted by atomic mass is 10.3. The summed E-state index contributed by atoms with van der Waals surface area (Å²) in [5.41, 5.74) is 1.27. The van der Waals surface area contributed by atoms with Crippen molar-refractivity contribution in [1.29, 1.82) is 0 Å². The largest absolute Gasteiger partial charge is 0.334 e. The quantitative estimate of drug-likeness (QED) is 0.729. The van der Waals surface area contributed by atoms with Gasteiger partial charge in [0.25, 0.3) is 0 Å². The number of hydrogen-bond acceptors (Lipinski definition) is 2. The van der Waals surface area contributed by atoms with E-state index in [1.807, 2.05) is 17.4 Å². The van der Waals surface area contributed by atoms with Gasteiger partial charge in [0.05, 0.1) is 5.69 Å². The Morgan fingerprint density at radius 1 is 1.00 bits per heavy atom. The molecule has 0 saturated carbocycles. The van der Waals surface area contributed by atoms with Crippen LogP contribution < -0.4 is 9.97 Å². The van der Waals surface area contributed by atoms with Crippen LogP contribution in [0.2, 0.25) is 0 Å². The van der Waals surface area contributed by atoms with Gasteiger partial charge in [0.1, 0.15) is 5.39 Å². The van der Waals surface area contributed by atoms with Crippen molar-refractivity contribution in [3.05, 3.63) is 54.6 Å². The highest BCUT2D eigenvalue weighted by Crippen LogP contribution is 2.71. The van der Waals surface area contributed by atoms with Crippen molar-refractivity contribution in [2.75, 3.05) is 11.7 Å². The summed E-state index contributed by atoms with van der Waals surface area (Å²) < 4.78 is 2.29. The smallest absolute Gasteiger partial charge is 0.122 e. The van der Waals surface area contributed by atoms with Gasteiger partial charge >= 0.3 is 0 Å². The van der Waals surface area contributed by atoms with E-state index in [9.17, 15) is 0 Å². The zero-order valence-corrected chi connectivity index (χ0v) is 11.9. The first-order valence-corrected chi connectivity index (χ1v) is 9.58. The van der Waals surface area contributed by atoms with E-state index in [1.54, 1.807) is 0 Å². The predicted octanol–water partition coefficient (Wildman–Crippen LogP) is 3.86. The molecule has 0 amide bonds. The molecule has 1 nitrogen and oxygen atoms in total. The topological polar surface area (TPSA) is 3.24 Å². The Kier molecular flexibility index (Phi) is 2.78. The molecule has 0 N–H and O–H groups in total. The molecule has 4 heteroatoms. The van der Waals surface area contributed by atoms with Crippen molar-refractivity contribution < 1.29 is 0 Å². The molecule has 2 aromatic carbocycles. The van der Waals surface area contributed by atoms with Gasteiger partial charge in [0.15, 0.2) is 0 Å². The third kappa shape index (κ3) is 1.74. The molecular formula is C13H12NPS2. The number of nitrogens with zero attached hydrogens (tertiary/aromatic N) is 1. The van der Waals surface area contributed by atoms with Gasteiger partial charge in [-0.3, -0.25) is 0 Å². The van der Waals surface area contributed by atoms with E-state index in [-0.39, 0.29) is 0 Å². The van der Waals surface area contributed by atoms with Gasteiger partial charge in [-0.15, -0.1) is 0 Å². The fourth-order valence-corrected chi connectivity index (χ4v) is 8.26. The summed E-state index contributed by atoms with van der Waals surface area (Å²) in [6.07, 6.45) is 0. The Morgan fingerprint density at radius 3 is 2.35 bits per heavy atom. The summed E-state index contributed by atoms with van der Waals surface area (Å²) in [6, 6.07) is 18.9. The SMILES string of the molecule is CN1c2ccccc2SP1(=S)c1ccccc1. The summed E-state index contributed by atoms with van der Waals surface area (Å²) in [5.74, 6) is 0. The van der Waals surface area contributed by atoms with Gasteiger partial charge in [-0.25, -0.2) is 0 Å². The van der Waals surface area contributed by atoms with E-state index in [0.29, 0.717) is 0 Å². The van der Waals surface area contributed by atoms with Crippen molar-refractivity contribution in [3.8, 4) is 0 Å². The Balaban J connectivity index is 2.12. The molecule has 86 valence electrons. The van der Waals surface area contributed by atoms with Crippen molar-refractivity contribution >= 4 is 39.6 Å². The first kappa shape index (κ1) is 11.3. The maximum atomic E-state index is 5.96. The lowest BCUT2D eigenvalue weighted by molar-refractivity contribution is 1.30. The second kappa shape index (κ2) is 4.16. The first-order valence-electron chi connectivity index (χ1n) is 5.40. The average molecular weight is 277 g/mol. The van der Waals surface area contributed by atoms with Gasteiger partial charge in [-0.1, -0.05) is 65.7 Å². The van der Waals surface area contributed by atoms with Crippen molar-refractivity contribution in [3.63, 3.8) is 0 Å². The maximum absolute atomic E-state index is 5.96. The summed E-state index contributed by atoms with van der Waals surface area (Å²) >= 11 is 7.81. The fraction of sp³-hybridized carbons (Fsp3) is 0.0769. The predicted molar refractivity (Wildman–Crippen MR) is 81.1 cm³/mol. The molecule has 17 heavy (non-hydrogen) atoms.